The first kappa shape index (κ1) is 16.2. The highest BCUT2D eigenvalue weighted by atomic mass is 16.3. The molecule has 1 heterocycles. The fraction of sp³-hybridized carbons (Fsp3) is 0.412. The van der Waals surface area contributed by atoms with Gasteiger partial charge in [0.1, 0.15) is 0 Å². The van der Waals surface area contributed by atoms with Crippen molar-refractivity contribution in [3.05, 3.63) is 35.9 Å². The number of hydrogen-bond acceptors (Lipinski definition) is 3. The smallest absolute Gasteiger partial charge is 0.244 e. The lowest BCUT2D eigenvalue weighted by molar-refractivity contribution is -0.118. The highest BCUT2D eigenvalue weighted by Gasteiger charge is 2.21. The second-order valence-electron chi connectivity index (χ2n) is 5.37. The molecule has 0 aromatic heterocycles. The van der Waals surface area contributed by atoms with E-state index in [9.17, 15) is 9.59 Å². The molecule has 0 saturated carbocycles. The van der Waals surface area contributed by atoms with Gasteiger partial charge in [0, 0.05) is 24.7 Å². The summed E-state index contributed by atoms with van der Waals surface area (Å²) < 4.78 is 0. The summed E-state index contributed by atoms with van der Waals surface area (Å²) in [6.45, 7) is 2.62. The molecule has 0 radical (unpaired) electrons. The molecule has 2 rings (SSSR count). The summed E-state index contributed by atoms with van der Waals surface area (Å²) in [5.41, 5.74) is 1.79. The fourth-order valence-electron chi connectivity index (χ4n) is 2.38. The molecule has 2 amide bonds. The van der Waals surface area contributed by atoms with Crippen molar-refractivity contribution < 1.29 is 14.7 Å². The minimum atomic E-state index is -0.223. The lowest BCUT2D eigenvalue weighted by Crippen LogP contribution is -2.35. The van der Waals surface area contributed by atoms with Gasteiger partial charge in [0.05, 0.1) is 12.6 Å². The Kier molecular flexibility index (Phi) is 5.72. The predicted molar refractivity (Wildman–Crippen MR) is 86.4 cm³/mol. The number of nitrogens with one attached hydrogen (secondary N) is 1. The molecule has 118 valence electrons. The Labute approximate surface area is 130 Å². The van der Waals surface area contributed by atoms with Gasteiger partial charge < -0.3 is 15.3 Å². The lowest BCUT2D eigenvalue weighted by Gasteiger charge is -2.15. The van der Waals surface area contributed by atoms with Crippen LogP contribution in [0.4, 0.5) is 5.69 Å². The Morgan fingerprint density at radius 2 is 2.14 bits per heavy atom. The lowest BCUT2D eigenvalue weighted by atomic mass is 10.1. The second-order valence-corrected chi connectivity index (χ2v) is 5.37. The quantitative estimate of drug-likeness (QED) is 0.786. The molecule has 22 heavy (non-hydrogen) atoms. The van der Waals surface area contributed by atoms with Crippen molar-refractivity contribution in [1.82, 2.24) is 5.32 Å². The number of aliphatic hydroxyl groups excluding tert-OH is 1. The molecule has 1 aromatic rings. The highest BCUT2D eigenvalue weighted by Crippen LogP contribution is 2.21. The topological polar surface area (TPSA) is 69.6 Å². The molecule has 1 fully saturated rings. The van der Waals surface area contributed by atoms with Gasteiger partial charge in [-0.3, -0.25) is 9.59 Å². The van der Waals surface area contributed by atoms with Crippen LogP contribution >= 0.6 is 0 Å². The van der Waals surface area contributed by atoms with Crippen LogP contribution in [0, 0.1) is 0 Å². The molecule has 0 spiro atoms. The van der Waals surface area contributed by atoms with Gasteiger partial charge in [-0.05, 0) is 36.6 Å². The van der Waals surface area contributed by atoms with Gasteiger partial charge in [0.2, 0.25) is 11.8 Å². The molecule has 1 atom stereocenters. The predicted octanol–water partition coefficient (Wildman–Crippen LogP) is 1.71. The van der Waals surface area contributed by atoms with Gasteiger partial charge in [-0.2, -0.15) is 0 Å². The van der Waals surface area contributed by atoms with Crippen molar-refractivity contribution in [2.24, 2.45) is 0 Å². The van der Waals surface area contributed by atoms with Crippen molar-refractivity contribution in [2.75, 3.05) is 18.1 Å². The van der Waals surface area contributed by atoms with Crippen molar-refractivity contribution in [3.8, 4) is 0 Å². The van der Waals surface area contributed by atoms with E-state index in [0.29, 0.717) is 12.8 Å². The van der Waals surface area contributed by atoms with Gasteiger partial charge in [-0.25, -0.2) is 0 Å². The molecule has 0 aliphatic carbocycles. The van der Waals surface area contributed by atoms with Crippen LogP contribution in [-0.4, -0.2) is 36.1 Å². The number of carbonyl (C=O) groups excluding carboxylic acids is 2. The summed E-state index contributed by atoms with van der Waals surface area (Å²) in [4.78, 5) is 25.2. The molecule has 1 aliphatic rings. The summed E-state index contributed by atoms with van der Waals surface area (Å²) in [6.07, 6.45) is 5.38. The molecule has 2 N–H and O–H groups in total. The summed E-state index contributed by atoms with van der Waals surface area (Å²) in [5.74, 6) is -0.0584. The van der Waals surface area contributed by atoms with Crippen LogP contribution in [0.1, 0.15) is 31.7 Å². The number of benzene rings is 1. The number of nitrogens with zero attached hydrogens (tertiary/aromatic N) is 1. The number of aliphatic hydroxyl groups is 1. The largest absolute Gasteiger partial charge is 0.394 e. The summed E-state index contributed by atoms with van der Waals surface area (Å²) in [6, 6.07) is 7.34. The van der Waals surface area contributed by atoms with E-state index in [0.717, 1.165) is 24.2 Å². The van der Waals surface area contributed by atoms with Gasteiger partial charge in [0.15, 0.2) is 0 Å². The van der Waals surface area contributed by atoms with E-state index in [2.05, 4.69) is 5.32 Å². The average molecular weight is 302 g/mol. The molecular weight excluding hydrogens is 280 g/mol. The van der Waals surface area contributed by atoms with Crippen LogP contribution in [0.2, 0.25) is 0 Å². The van der Waals surface area contributed by atoms with Gasteiger partial charge in [0.25, 0.3) is 0 Å². The summed E-state index contributed by atoms with van der Waals surface area (Å²) in [7, 11) is 0. The first-order valence-corrected chi connectivity index (χ1v) is 7.64. The van der Waals surface area contributed by atoms with E-state index in [1.807, 2.05) is 31.2 Å². The number of amides is 2. The molecule has 1 unspecified atom stereocenters. The highest BCUT2D eigenvalue weighted by molar-refractivity contribution is 5.95. The van der Waals surface area contributed by atoms with Crippen molar-refractivity contribution in [2.45, 2.75) is 32.2 Å². The molecular formula is C17H22N2O3. The summed E-state index contributed by atoms with van der Waals surface area (Å²) in [5, 5.41) is 11.8. The normalized spacial score (nSPS) is 16.3. The Bertz CT molecular complexity index is 548. The first-order valence-electron chi connectivity index (χ1n) is 7.64. The van der Waals surface area contributed by atoms with E-state index in [1.54, 1.807) is 11.0 Å². The standard InChI is InChI=1S/C17H22N2O3/c1-2-14(12-20)18-16(21)10-7-13-5-8-15(9-6-13)19-11-3-4-17(19)22/h5-10,14,20H,2-4,11-12H2,1H3,(H,18,21)/b10-7+. The minimum absolute atomic E-state index is 0.0609. The maximum Gasteiger partial charge on any atom is 0.244 e. The van der Waals surface area contributed by atoms with Crippen molar-refractivity contribution >= 4 is 23.6 Å². The third kappa shape index (κ3) is 4.18. The average Bonchev–Trinajstić information content (AvgIpc) is 2.97. The third-order valence-corrected chi connectivity index (χ3v) is 3.76. The zero-order valence-corrected chi connectivity index (χ0v) is 12.8. The minimum Gasteiger partial charge on any atom is -0.394 e. The summed E-state index contributed by atoms with van der Waals surface area (Å²) >= 11 is 0. The Balaban J connectivity index is 1.94. The first-order chi connectivity index (χ1) is 10.6. The zero-order chi connectivity index (χ0) is 15.9. The number of rotatable bonds is 6. The van der Waals surface area contributed by atoms with E-state index in [1.165, 1.54) is 6.08 Å². The van der Waals surface area contributed by atoms with Crippen LogP contribution in [0.15, 0.2) is 30.3 Å². The molecule has 5 heteroatoms. The van der Waals surface area contributed by atoms with Crippen LogP contribution in [-0.2, 0) is 9.59 Å². The third-order valence-electron chi connectivity index (χ3n) is 3.76. The second kappa shape index (κ2) is 7.75. The monoisotopic (exact) mass is 302 g/mol. The van der Waals surface area contributed by atoms with Gasteiger partial charge >= 0.3 is 0 Å². The van der Waals surface area contributed by atoms with Crippen LogP contribution in [0.25, 0.3) is 6.08 Å². The Hall–Kier alpha value is -2.14. The van der Waals surface area contributed by atoms with E-state index < -0.39 is 0 Å². The van der Waals surface area contributed by atoms with Gasteiger partial charge in [-0.1, -0.05) is 19.1 Å². The van der Waals surface area contributed by atoms with Crippen molar-refractivity contribution in [1.29, 1.82) is 0 Å². The Morgan fingerprint density at radius 3 is 2.68 bits per heavy atom. The van der Waals surface area contributed by atoms with Gasteiger partial charge in [-0.15, -0.1) is 0 Å². The Morgan fingerprint density at radius 1 is 1.41 bits per heavy atom. The molecule has 0 bridgehead atoms. The van der Waals surface area contributed by atoms with Crippen molar-refractivity contribution in [3.63, 3.8) is 0 Å². The molecule has 1 saturated heterocycles. The van der Waals surface area contributed by atoms with E-state index in [4.69, 9.17) is 5.11 Å². The van der Waals surface area contributed by atoms with E-state index in [-0.39, 0.29) is 24.5 Å². The molecule has 5 nitrogen and oxygen atoms in total. The number of carbonyl (C=O) groups is 2. The van der Waals surface area contributed by atoms with E-state index >= 15 is 0 Å². The van der Waals surface area contributed by atoms with Crippen LogP contribution < -0.4 is 10.2 Å². The zero-order valence-electron chi connectivity index (χ0n) is 12.8. The number of hydrogen-bond donors (Lipinski definition) is 2. The van der Waals surface area contributed by atoms with Crippen LogP contribution in [0.3, 0.4) is 0 Å². The van der Waals surface area contributed by atoms with Crippen LogP contribution in [0.5, 0.6) is 0 Å². The fourth-order valence-corrected chi connectivity index (χ4v) is 2.38. The number of anilines is 1. The molecule has 1 aromatic carbocycles. The maximum atomic E-state index is 11.7. The SMILES string of the molecule is CCC(CO)NC(=O)/C=C/c1ccc(N2CCCC2=O)cc1. The molecule has 1 aliphatic heterocycles. The maximum absolute atomic E-state index is 11.7.